The second kappa shape index (κ2) is 6.34. The maximum Gasteiger partial charge on any atom is 0.470 e. The summed E-state index contributed by atoms with van der Waals surface area (Å²) in [6, 6.07) is 2.98. The molecule has 1 aromatic carbocycles. The molecule has 0 bridgehead atoms. The number of benzene rings is 1. The Kier molecular flexibility index (Phi) is 5.04. The minimum Gasteiger partial charge on any atom is -0.276 e. The molecule has 0 unspecified atom stereocenters. The van der Waals surface area contributed by atoms with Crippen molar-refractivity contribution >= 4 is 38.3 Å². The molecule has 2 rings (SSSR count). The minimum absolute atomic E-state index is 0.0485. The summed E-state index contributed by atoms with van der Waals surface area (Å²) in [7, 11) is -3.57. The second-order valence-corrected chi connectivity index (χ2v) is 9.12. The van der Waals surface area contributed by atoms with Crippen LogP contribution in [-0.2, 0) is 30.5 Å². The van der Waals surface area contributed by atoms with E-state index < -0.39 is 19.8 Å². The Morgan fingerprint density at radius 2 is 1.82 bits per heavy atom. The largest absolute Gasteiger partial charge is 0.470 e. The third-order valence-corrected chi connectivity index (χ3v) is 6.54. The van der Waals surface area contributed by atoms with Crippen LogP contribution in [0.4, 0.5) is 0 Å². The standard InChI is InChI=1S/C15H18ClO4S2/c1-10-8-12(15(21-18)6-4-3-5-7-15)13(22(2,19)20)9-11(10)14(16)17/h8-9H,3-7H2,1-2H3/q+1. The van der Waals surface area contributed by atoms with Gasteiger partial charge in [0.2, 0.25) is 0 Å². The summed E-state index contributed by atoms with van der Waals surface area (Å²) in [5.41, 5.74) is 1.29. The first-order valence-corrected chi connectivity index (χ1v) is 10.1. The number of halogens is 1. The molecule has 120 valence electrons. The molecule has 0 radical (unpaired) electrons. The average Bonchev–Trinajstić information content (AvgIpc) is 2.46. The summed E-state index contributed by atoms with van der Waals surface area (Å²) in [5.74, 6) is 0. The number of carbonyl (C=O) groups excluding carboxylic acids is 1. The molecular formula is C15H18ClO4S2+. The number of aryl methyl sites for hydroxylation is 1. The van der Waals surface area contributed by atoms with E-state index in [4.69, 9.17) is 11.6 Å². The van der Waals surface area contributed by atoms with Gasteiger partial charge in [0.1, 0.15) is 0 Å². The summed E-state index contributed by atoms with van der Waals surface area (Å²) in [6.45, 7) is 1.71. The highest BCUT2D eigenvalue weighted by Crippen LogP contribution is 2.42. The van der Waals surface area contributed by atoms with Gasteiger partial charge in [0, 0.05) is 34.4 Å². The Hall–Kier alpha value is -0.850. The summed E-state index contributed by atoms with van der Waals surface area (Å²) >= 11 is 6.00. The fourth-order valence-corrected chi connectivity index (χ4v) is 5.05. The van der Waals surface area contributed by atoms with E-state index in [1.54, 1.807) is 13.0 Å². The molecule has 1 aliphatic rings. The minimum atomic E-state index is -3.57. The van der Waals surface area contributed by atoms with Crippen LogP contribution < -0.4 is 0 Å². The van der Waals surface area contributed by atoms with Gasteiger partial charge in [0.25, 0.3) is 9.99 Å². The third kappa shape index (κ3) is 3.24. The van der Waals surface area contributed by atoms with Gasteiger partial charge in [-0.2, -0.15) is 0 Å². The highest BCUT2D eigenvalue weighted by atomic mass is 35.5. The zero-order valence-corrected chi connectivity index (χ0v) is 14.9. The van der Waals surface area contributed by atoms with Crippen molar-refractivity contribution < 1.29 is 17.4 Å². The average molecular weight is 362 g/mol. The lowest BCUT2D eigenvalue weighted by atomic mass is 9.82. The van der Waals surface area contributed by atoms with E-state index in [0.29, 0.717) is 35.6 Å². The first kappa shape index (κ1) is 17.5. The maximum absolute atomic E-state index is 12.2. The molecule has 1 aromatic rings. The van der Waals surface area contributed by atoms with Crippen LogP contribution in [0.25, 0.3) is 0 Å². The fraction of sp³-hybridized carbons (Fsp3) is 0.533. The zero-order chi connectivity index (χ0) is 16.5. The molecule has 0 amide bonds. The van der Waals surface area contributed by atoms with E-state index in [0.717, 1.165) is 25.5 Å². The fourth-order valence-electron chi connectivity index (χ4n) is 3.08. The van der Waals surface area contributed by atoms with E-state index in [1.165, 1.54) is 6.07 Å². The molecule has 0 aromatic heterocycles. The first-order valence-electron chi connectivity index (χ1n) is 7.07. The van der Waals surface area contributed by atoms with Crippen molar-refractivity contribution in [3.8, 4) is 0 Å². The third-order valence-electron chi connectivity index (χ3n) is 4.25. The van der Waals surface area contributed by atoms with Crippen LogP contribution >= 0.6 is 11.6 Å². The van der Waals surface area contributed by atoms with Crippen molar-refractivity contribution in [3.63, 3.8) is 0 Å². The van der Waals surface area contributed by atoms with Crippen LogP contribution in [0.3, 0.4) is 0 Å². The lowest BCUT2D eigenvalue weighted by Crippen LogP contribution is -2.30. The van der Waals surface area contributed by atoms with Gasteiger partial charge >= 0.3 is 11.7 Å². The molecule has 0 saturated heterocycles. The molecule has 0 aliphatic heterocycles. The second-order valence-electron chi connectivity index (χ2n) is 5.85. The molecule has 7 heteroatoms. The van der Waals surface area contributed by atoms with Crippen LogP contribution in [0.2, 0.25) is 0 Å². The molecular weight excluding hydrogens is 344 g/mol. The number of sulfone groups is 1. The lowest BCUT2D eigenvalue weighted by Gasteiger charge is -2.25. The normalized spacial score (nSPS) is 18.0. The quantitative estimate of drug-likeness (QED) is 0.609. The predicted molar refractivity (Wildman–Crippen MR) is 87.3 cm³/mol. The van der Waals surface area contributed by atoms with Crippen LogP contribution in [0.15, 0.2) is 17.0 Å². The monoisotopic (exact) mass is 361 g/mol. The Bertz CT molecular complexity index is 719. The van der Waals surface area contributed by atoms with Crippen molar-refractivity contribution in [2.24, 2.45) is 0 Å². The van der Waals surface area contributed by atoms with Crippen molar-refractivity contribution in [2.75, 3.05) is 6.26 Å². The van der Waals surface area contributed by atoms with E-state index in [-0.39, 0.29) is 10.5 Å². The van der Waals surface area contributed by atoms with Gasteiger partial charge in [0.05, 0.1) is 4.90 Å². The zero-order valence-electron chi connectivity index (χ0n) is 12.5. The number of carbonyl (C=O) groups is 1. The summed E-state index contributed by atoms with van der Waals surface area (Å²) in [4.78, 5) is 11.5. The Balaban J connectivity index is 2.76. The number of hydrogen-bond acceptors (Lipinski definition) is 4. The van der Waals surface area contributed by atoms with Gasteiger partial charge in [-0.3, -0.25) is 4.79 Å². The molecule has 0 N–H and O–H groups in total. The van der Waals surface area contributed by atoms with E-state index in [2.05, 4.69) is 0 Å². The van der Waals surface area contributed by atoms with Crippen molar-refractivity contribution in [3.05, 3.63) is 28.8 Å². The summed E-state index contributed by atoms with van der Waals surface area (Å²) in [5, 5.41) is -0.693. The van der Waals surface area contributed by atoms with Crippen molar-refractivity contribution in [1.29, 1.82) is 0 Å². The molecule has 0 atom stereocenters. The number of rotatable bonds is 4. The van der Waals surface area contributed by atoms with Crippen molar-refractivity contribution in [2.45, 2.75) is 48.7 Å². The molecule has 1 aliphatic carbocycles. The predicted octanol–water partition coefficient (Wildman–Crippen LogP) is 3.37. The molecule has 4 nitrogen and oxygen atoms in total. The molecule has 1 fully saturated rings. The van der Waals surface area contributed by atoms with Crippen LogP contribution in [0.1, 0.15) is 53.6 Å². The van der Waals surface area contributed by atoms with Gasteiger partial charge in [0.15, 0.2) is 9.84 Å². The number of hydrogen-bond donors (Lipinski definition) is 0. The Morgan fingerprint density at radius 1 is 1.23 bits per heavy atom. The Labute approximate surface area is 139 Å². The summed E-state index contributed by atoms with van der Waals surface area (Å²) in [6.07, 6.45) is 5.24. The van der Waals surface area contributed by atoms with Gasteiger partial charge in [-0.05, 0) is 49.1 Å². The van der Waals surface area contributed by atoms with E-state index >= 15 is 0 Å². The molecule has 0 heterocycles. The maximum atomic E-state index is 12.2. The van der Waals surface area contributed by atoms with E-state index in [1.807, 2.05) is 0 Å². The van der Waals surface area contributed by atoms with Crippen molar-refractivity contribution in [1.82, 2.24) is 0 Å². The molecule has 22 heavy (non-hydrogen) atoms. The first-order chi connectivity index (χ1) is 10.2. The summed E-state index contributed by atoms with van der Waals surface area (Å²) < 4.78 is 35.5. The molecule has 0 spiro atoms. The highest BCUT2D eigenvalue weighted by Gasteiger charge is 2.50. The van der Waals surface area contributed by atoms with E-state index in [9.17, 15) is 17.4 Å². The van der Waals surface area contributed by atoms with Gasteiger partial charge in [-0.15, -0.1) is 0 Å². The van der Waals surface area contributed by atoms with Gasteiger partial charge in [-0.25, -0.2) is 8.42 Å². The van der Waals surface area contributed by atoms with Gasteiger partial charge in [-0.1, -0.05) is 6.42 Å². The SMILES string of the molecule is Cc1cc(C2([S+]=O)CCCCC2)c(S(C)(=O)=O)cc1C(=O)Cl. The van der Waals surface area contributed by atoms with Gasteiger partial charge < -0.3 is 0 Å². The molecule has 1 saturated carbocycles. The highest BCUT2D eigenvalue weighted by molar-refractivity contribution is 7.90. The lowest BCUT2D eigenvalue weighted by molar-refractivity contribution is 0.108. The van der Waals surface area contributed by atoms with Crippen LogP contribution in [-0.4, -0.2) is 19.9 Å². The Morgan fingerprint density at radius 3 is 2.27 bits per heavy atom. The van der Waals surface area contributed by atoms with Crippen LogP contribution in [0, 0.1) is 6.92 Å². The van der Waals surface area contributed by atoms with Crippen LogP contribution in [0.5, 0.6) is 0 Å². The smallest absolute Gasteiger partial charge is 0.276 e. The topological polar surface area (TPSA) is 68.3 Å².